The Morgan fingerprint density at radius 2 is 1.38 bits per heavy atom. The standard InChI is InChI=1S/C19H20N2/c1-3-20-14-16(2)15-21-19(17-10-6-4-7-11-17)18-12-8-5-9-13-18/h3-16,19H,1H2,2H3/b20-14-,21-15+. The number of hydrogen-bond acceptors (Lipinski definition) is 2. The van der Waals surface area contributed by atoms with E-state index in [1.54, 1.807) is 0 Å². The van der Waals surface area contributed by atoms with E-state index in [0.29, 0.717) is 0 Å². The van der Waals surface area contributed by atoms with E-state index in [4.69, 9.17) is 4.99 Å². The molecule has 2 aromatic carbocycles. The molecule has 2 rings (SSSR count). The van der Waals surface area contributed by atoms with Gasteiger partial charge in [0.2, 0.25) is 0 Å². The summed E-state index contributed by atoms with van der Waals surface area (Å²) in [7, 11) is 0. The van der Waals surface area contributed by atoms with Crippen LogP contribution >= 0.6 is 0 Å². The molecule has 0 radical (unpaired) electrons. The fraction of sp³-hybridized carbons (Fsp3) is 0.158. The van der Waals surface area contributed by atoms with Crippen LogP contribution in [0.1, 0.15) is 24.1 Å². The third-order valence-electron chi connectivity index (χ3n) is 3.13. The van der Waals surface area contributed by atoms with Gasteiger partial charge in [-0.15, -0.1) is 0 Å². The average molecular weight is 276 g/mol. The second-order valence-electron chi connectivity index (χ2n) is 4.86. The summed E-state index contributed by atoms with van der Waals surface area (Å²) in [6.45, 7) is 5.64. The Balaban J connectivity index is 2.27. The van der Waals surface area contributed by atoms with Crippen molar-refractivity contribution in [3.05, 3.63) is 84.6 Å². The molecule has 0 aliphatic carbocycles. The van der Waals surface area contributed by atoms with Gasteiger partial charge in [0.25, 0.3) is 0 Å². The van der Waals surface area contributed by atoms with E-state index >= 15 is 0 Å². The maximum atomic E-state index is 4.77. The molecule has 2 heteroatoms. The predicted molar refractivity (Wildman–Crippen MR) is 91.1 cm³/mol. The van der Waals surface area contributed by atoms with Crippen molar-refractivity contribution in [1.29, 1.82) is 0 Å². The third-order valence-corrected chi connectivity index (χ3v) is 3.13. The van der Waals surface area contributed by atoms with Gasteiger partial charge in [0.15, 0.2) is 0 Å². The quantitative estimate of drug-likeness (QED) is 0.683. The molecule has 0 saturated carbocycles. The molecular formula is C19H20N2. The molecule has 0 bridgehead atoms. The molecular weight excluding hydrogens is 256 g/mol. The fourth-order valence-corrected chi connectivity index (χ4v) is 2.09. The summed E-state index contributed by atoms with van der Waals surface area (Å²) in [5.74, 6) is 0.179. The lowest BCUT2D eigenvalue weighted by molar-refractivity contribution is 0.867. The summed E-state index contributed by atoms with van der Waals surface area (Å²) < 4.78 is 0. The molecule has 106 valence electrons. The van der Waals surface area contributed by atoms with Crippen molar-refractivity contribution in [3.63, 3.8) is 0 Å². The average Bonchev–Trinajstić information content (AvgIpc) is 2.55. The van der Waals surface area contributed by atoms with E-state index in [0.717, 1.165) is 0 Å². The van der Waals surface area contributed by atoms with Crippen molar-refractivity contribution in [2.24, 2.45) is 15.9 Å². The molecule has 2 nitrogen and oxygen atoms in total. The van der Waals surface area contributed by atoms with Gasteiger partial charge in [0.05, 0.1) is 6.04 Å². The zero-order chi connectivity index (χ0) is 14.9. The lowest BCUT2D eigenvalue weighted by atomic mass is 9.99. The van der Waals surface area contributed by atoms with Gasteiger partial charge < -0.3 is 0 Å². The Kier molecular flexibility index (Phi) is 5.65. The topological polar surface area (TPSA) is 24.7 Å². The minimum absolute atomic E-state index is 0.0204. The highest BCUT2D eigenvalue weighted by atomic mass is 14.8. The van der Waals surface area contributed by atoms with Crippen molar-refractivity contribution in [2.45, 2.75) is 13.0 Å². The van der Waals surface area contributed by atoms with Crippen molar-refractivity contribution in [1.82, 2.24) is 0 Å². The predicted octanol–water partition coefficient (Wildman–Crippen LogP) is 4.70. The SMILES string of the molecule is C=C/N=C\C(C)/C=N/C(c1ccccc1)c1ccccc1. The minimum atomic E-state index is 0.0204. The summed E-state index contributed by atoms with van der Waals surface area (Å²) in [5, 5.41) is 0. The van der Waals surface area contributed by atoms with Gasteiger partial charge in [0.1, 0.15) is 0 Å². The Morgan fingerprint density at radius 3 is 1.86 bits per heavy atom. The first kappa shape index (κ1) is 14.9. The van der Waals surface area contributed by atoms with Crippen LogP contribution in [0, 0.1) is 5.92 Å². The first-order valence-corrected chi connectivity index (χ1v) is 7.08. The lowest BCUT2D eigenvalue weighted by Gasteiger charge is -2.14. The maximum Gasteiger partial charge on any atom is 0.0995 e. The van der Waals surface area contributed by atoms with Crippen LogP contribution in [-0.2, 0) is 0 Å². The molecule has 1 atom stereocenters. The number of rotatable bonds is 6. The van der Waals surface area contributed by atoms with Crippen molar-refractivity contribution < 1.29 is 0 Å². The summed E-state index contributed by atoms with van der Waals surface area (Å²) >= 11 is 0. The Morgan fingerprint density at radius 1 is 0.857 bits per heavy atom. The molecule has 21 heavy (non-hydrogen) atoms. The largest absolute Gasteiger partial charge is 0.284 e. The van der Waals surface area contributed by atoms with Gasteiger partial charge in [-0.05, 0) is 11.1 Å². The summed E-state index contributed by atoms with van der Waals surface area (Å²) in [6.07, 6.45) is 5.32. The molecule has 0 aliphatic heterocycles. The van der Waals surface area contributed by atoms with Crippen molar-refractivity contribution in [3.8, 4) is 0 Å². The molecule has 0 aliphatic rings. The van der Waals surface area contributed by atoms with Gasteiger partial charge in [-0.25, -0.2) is 0 Å². The number of hydrogen-bond donors (Lipinski definition) is 0. The molecule has 1 unspecified atom stereocenters. The van der Waals surface area contributed by atoms with Gasteiger partial charge in [-0.2, -0.15) is 0 Å². The van der Waals surface area contributed by atoms with Crippen LogP contribution in [-0.4, -0.2) is 12.4 Å². The highest BCUT2D eigenvalue weighted by Crippen LogP contribution is 2.25. The van der Waals surface area contributed by atoms with Crippen molar-refractivity contribution >= 4 is 12.4 Å². The van der Waals surface area contributed by atoms with Gasteiger partial charge >= 0.3 is 0 Å². The van der Waals surface area contributed by atoms with Crippen LogP contribution < -0.4 is 0 Å². The number of benzene rings is 2. The molecule has 0 saturated heterocycles. The second-order valence-corrected chi connectivity index (χ2v) is 4.86. The van der Waals surface area contributed by atoms with Crippen LogP contribution in [0.2, 0.25) is 0 Å². The second kappa shape index (κ2) is 7.95. The van der Waals surface area contributed by atoms with E-state index in [2.05, 4.69) is 42.8 Å². The monoisotopic (exact) mass is 276 g/mol. The Labute approximate surface area is 126 Å². The van der Waals surface area contributed by atoms with E-state index in [1.165, 1.54) is 17.3 Å². The molecule has 0 N–H and O–H groups in total. The van der Waals surface area contributed by atoms with E-state index in [9.17, 15) is 0 Å². The first-order valence-electron chi connectivity index (χ1n) is 7.08. The molecule has 0 fully saturated rings. The third kappa shape index (κ3) is 4.53. The molecule has 0 heterocycles. The molecule has 0 spiro atoms. The highest BCUT2D eigenvalue weighted by Gasteiger charge is 2.11. The van der Waals surface area contributed by atoms with E-state index in [-0.39, 0.29) is 12.0 Å². The normalized spacial score (nSPS) is 13.0. The van der Waals surface area contributed by atoms with Gasteiger partial charge in [-0.1, -0.05) is 74.2 Å². The minimum Gasteiger partial charge on any atom is -0.284 e. The molecule has 2 aromatic rings. The van der Waals surface area contributed by atoms with Crippen LogP contribution in [0.4, 0.5) is 0 Å². The first-order chi connectivity index (χ1) is 10.3. The van der Waals surface area contributed by atoms with Crippen LogP contribution in [0.3, 0.4) is 0 Å². The number of aliphatic imine (C=N–C) groups is 2. The fourth-order valence-electron chi connectivity index (χ4n) is 2.09. The summed E-state index contributed by atoms with van der Waals surface area (Å²) in [4.78, 5) is 8.81. The zero-order valence-corrected chi connectivity index (χ0v) is 12.3. The van der Waals surface area contributed by atoms with Crippen LogP contribution in [0.25, 0.3) is 0 Å². The Bertz CT molecular complexity index is 560. The summed E-state index contributed by atoms with van der Waals surface area (Å²) in [5.41, 5.74) is 2.38. The van der Waals surface area contributed by atoms with Gasteiger partial charge in [0, 0.05) is 24.5 Å². The van der Waals surface area contributed by atoms with E-state index in [1.807, 2.05) is 48.8 Å². The molecule has 0 aromatic heterocycles. The van der Waals surface area contributed by atoms with E-state index < -0.39 is 0 Å². The zero-order valence-electron chi connectivity index (χ0n) is 12.3. The Hall–Kier alpha value is -2.48. The smallest absolute Gasteiger partial charge is 0.0995 e. The maximum absolute atomic E-state index is 4.77. The van der Waals surface area contributed by atoms with Gasteiger partial charge in [-0.3, -0.25) is 9.98 Å². The lowest BCUT2D eigenvalue weighted by Crippen LogP contribution is -2.02. The number of nitrogens with zero attached hydrogens (tertiary/aromatic N) is 2. The van der Waals surface area contributed by atoms with Crippen molar-refractivity contribution in [2.75, 3.05) is 0 Å². The summed E-state index contributed by atoms with van der Waals surface area (Å²) in [6, 6.07) is 20.7. The van der Waals surface area contributed by atoms with Crippen LogP contribution in [0.15, 0.2) is 83.4 Å². The highest BCUT2D eigenvalue weighted by molar-refractivity contribution is 5.83. The van der Waals surface area contributed by atoms with Crippen LogP contribution in [0.5, 0.6) is 0 Å². The molecule has 0 amide bonds.